The summed E-state index contributed by atoms with van der Waals surface area (Å²) in [4.78, 5) is 4.27. The van der Waals surface area contributed by atoms with Crippen LogP contribution in [0.15, 0.2) is 15.9 Å². The molecule has 7 heteroatoms. The van der Waals surface area contributed by atoms with Crippen molar-refractivity contribution in [2.75, 3.05) is 10.9 Å². The van der Waals surface area contributed by atoms with E-state index in [0.717, 1.165) is 9.72 Å². The molecular weight excluding hydrogens is 294 g/mol. The van der Waals surface area contributed by atoms with Gasteiger partial charge in [-0.25, -0.2) is 4.98 Å². The molecule has 0 saturated carbocycles. The molecule has 0 aliphatic rings. The Balaban J connectivity index is 2.45. The molecule has 1 aromatic rings. The lowest BCUT2D eigenvalue weighted by Gasteiger charge is -2.32. The average Bonchev–Trinajstić information content (AvgIpc) is 2.66. The second kappa shape index (κ2) is 6.01. The standard InChI is InChI=1S/C9H18ClNOS2Si2/c1-15(2,7-10)12-16(3,4)8-14-9-11-5-6-13-9/h5-6H,7-8H2,1-4H3. The van der Waals surface area contributed by atoms with Gasteiger partial charge in [0, 0.05) is 22.5 Å². The van der Waals surface area contributed by atoms with Crippen molar-refractivity contribution < 1.29 is 4.12 Å². The molecule has 0 radical (unpaired) electrons. The van der Waals surface area contributed by atoms with Gasteiger partial charge in [0.15, 0.2) is 16.6 Å². The third-order valence-electron chi connectivity index (χ3n) is 1.83. The van der Waals surface area contributed by atoms with Crippen molar-refractivity contribution in [2.24, 2.45) is 0 Å². The van der Waals surface area contributed by atoms with Crippen LogP contribution in [0.4, 0.5) is 0 Å². The van der Waals surface area contributed by atoms with E-state index < -0.39 is 16.6 Å². The van der Waals surface area contributed by atoms with E-state index in [2.05, 4.69) is 31.2 Å². The minimum atomic E-state index is -1.64. The Morgan fingerprint density at radius 3 is 2.56 bits per heavy atom. The Morgan fingerprint density at radius 1 is 1.38 bits per heavy atom. The number of rotatable bonds is 6. The largest absolute Gasteiger partial charge is 0.454 e. The Labute approximate surface area is 113 Å². The van der Waals surface area contributed by atoms with Crippen LogP contribution in [0, 0.1) is 0 Å². The van der Waals surface area contributed by atoms with Gasteiger partial charge in [-0.2, -0.15) is 0 Å². The zero-order valence-corrected chi connectivity index (χ0v) is 14.5. The maximum Gasteiger partial charge on any atom is 0.188 e. The number of nitrogens with zero attached hydrogens (tertiary/aromatic N) is 1. The molecule has 0 bridgehead atoms. The third kappa shape index (κ3) is 5.33. The first kappa shape index (κ1) is 14.7. The van der Waals surface area contributed by atoms with Gasteiger partial charge in [-0.15, -0.1) is 22.9 Å². The van der Waals surface area contributed by atoms with E-state index in [1.54, 1.807) is 11.3 Å². The fourth-order valence-electron chi connectivity index (χ4n) is 1.32. The third-order valence-corrected chi connectivity index (χ3v) is 13.7. The van der Waals surface area contributed by atoms with Gasteiger partial charge in [0.2, 0.25) is 0 Å². The van der Waals surface area contributed by atoms with Gasteiger partial charge < -0.3 is 4.12 Å². The predicted molar refractivity (Wildman–Crippen MR) is 79.6 cm³/mol. The highest BCUT2D eigenvalue weighted by Crippen LogP contribution is 2.26. The van der Waals surface area contributed by atoms with E-state index in [1.807, 2.05) is 23.3 Å². The summed E-state index contributed by atoms with van der Waals surface area (Å²) in [6.07, 6.45) is 1.85. The molecule has 0 aliphatic heterocycles. The number of thioether (sulfide) groups is 1. The van der Waals surface area contributed by atoms with Crippen LogP contribution in [0.5, 0.6) is 0 Å². The molecule has 0 fully saturated rings. The molecule has 0 amide bonds. The number of aromatic nitrogens is 1. The Morgan fingerprint density at radius 2 is 2.06 bits per heavy atom. The number of hydrogen-bond donors (Lipinski definition) is 0. The first-order chi connectivity index (χ1) is 7.35. The highest BCUT2D eigenvalue weighted by molar-refractivity contribution is 8.02. The summed E-state index contributed by atoms with van der Waals surface area (Å²) in [5.74, 6) is 0. The van der Waals surface area contributed by atoms with Crippen molar-refractivity contribution in [3.63, 3.8) is 0 Å². The van der Waals surface area contributed by atoms with Gasteiger partial charge >= 0.3 is 0 Å². The van der Waals surface area contributed by atoms with E-state index in [9.17, 15) is 0 Å². The summed E-state index contributed by atoms with van der Waals surface area (Å²) >= 11 is 9.44. The molecule has 0 unspecified atom stereocenters. The van der Waals surface area contributed by atoms with Gasteiger partial charge in [-0.3, -0.25) is 0 Å². The minimum Gasteiger partial charge on any atom is -0.454 e. The normalized spacial score (nSPS) is 13.1. The summed E-state index contributed by atoms with van der Waals surface area (Å²) in [6, 6.07) is 0. The lowest BCUT2D eigenvalue weighted by atomic mass is 11.0. The van der Waals surface area contributed by atoms with Crippen molar-refractivity contribution in [1.82, 2.24) is 4.98 Å². The first-order valence-electron chi connectivity index (χ1n) is 5.13. The van der Waals surface area contributed by atoms with Gasteiger partial charge in [0.25, 0.3) is 0 Å². The predicted octanol–water partition coefficient (Wildman–Crippen LogP) is 3.98. The van der Waals surface area contributed by atoms with Crippen LogP contribution in [0.25, 0.3) is 0 Å². The topological polar surface area (TPSA) is 22.1 Å². The van der Waals surface area contributed by atoms with Crippen LogP contribution in [-0.2, 0) is 4.12 Å². The van der Waals surface area contributed by atoms with Crippen molar-refractivity contribution in [1.29, 1.82) is 0 Å². The van der Waals surface area contributed by atoms with Crippen LogP contribution in [0.2, 0.25) is 26.2 Å². The van der Waals surface area contributed by atoms with E-state index in [0.29, 0.717) is 5.50 Å². The van der Waals surface area contributed by atoms with Crippen molar-refractivity contribution in [3.05, 3.63) is 11.6 Å². The van der Waals surface area contributed by atoms with Crippen LogP contribution < -0.4 is 0 Å². The fraction of sp³-hybridized carbons (Fsp3) is 0.667. The smallest absolute Gasteiger partial charge is 0.188 e. The highest BCUT2D eigenvalue weighted by Gasteiger charge is 2.32. The monoisotopic (exact) mass is 311 g/mol. The molecule has 0 N–H and O–H groups in total. The summed E-state index contributed by atoms with van der Waals surface area (Å²) in [5, 5.41) is 3.06. The molecule has 92 valence electrons. The van der Waals surface area contributed by atoms with Crippen LogP contribution in [-0.4, -0.2) is 32.5 Å². The first-order valence-corrected chi connectivity index (χ1v) is 13.8. The molecule has 16 heavy (non-hydrogen) atoms. The van der Waals surface area contributed by atoms with Crippen LogP contribution in [0.1, 0.15) is 0 Å². The van der Waals surface area contributed by atoms with E-state index >= 15 is 0 Å². The summed E-state index contributed by atoms with van der Waals surface area (Å²) in [7, 11) is -3.25. The molecule has 1 heterocycles. The maximum absolute atomic E-state index is 6.27. The lowest BCUT2D eigenvalue weighted by Crippen LogP contribution is -2.47. The Hall–Kier alpha value is 0.664. The maximum atomic E-state index is 6.27. The van der Waals surface area contributed by atoms with Crippen LogP contribution >= 0.6 is 34.7 Å². The van der Waals surface area contributed by atoms with Crippen molar-refractivity contribution in [3.8, 4) is 0 Å². The van der Waals surface area contributed by atoms with Crippen LogP contribution in [0.3, 0.4) is 0 Å². The van der Waals surface area contributed by atoms with Gasteiger partial charge in [0.1, 0.15) is 4.34 Å². The molecule has 0 aliphatic carbocycles. The van der Waals surface area contributed by atoms with E-state index in [-0.39, 0.29) is 0 Å². The summed E-state index contributed by atoms with van der Waals surface area (Å²) < 4.78 is 7.41. The number of alkyl halides is 1. The zero-order valence-electron chi connectivity index (χ0n) is 10.1. The second-order valence-electron chi connectivity index (χ2n) is 4.84. The SMILES string of the molecule is C[Si](C)(CCl)O[Si](C)(C)CSc1nccs1. The quantitative estimate of drug-likeness (QED) is 0.451. The molecule has 0 aromatic carbocycles. The average molecular weight is 312 g/mol. The fourth-order valence-corrected chi connectivity index (χ4v) is 12.1. The number of halogens is 1. The molecule has 1 rings (SSSR count). The second-order valence-corrected chi connectivity index (χ2v) is 16.7. The molecule has 0 saturated heterocycles. The minimum absolute atomic E-state index is 0.672. The number of thiazole rings is 1. The summed E-state index contributed by atoms with van der Waals surface area (Å²) in [5.41, 5.74) is 0.672. The molecule has 0 atom stereocenters. The van der Waals surface area contributed by atoms with Gasteiger partial charge in [-0.1, -0.05) is 11.8 Å². The van der Waals surface area contributed by atoms with Crippen molar-refractivity contribution in [2.45, 2.75) is 30.5 Å². The Kier molecular flexibility index (Phi) is 5.54. The van der Waals surface area contributed by atoms with Gasteiger partial charge in [0.05, 0.1) is 0 Å². The molecular formula is C9H18ClNOS2Si2. The molecule has 1 aromatic heterocycles. The lowest BCUT2D eigenvalue weighted by molar-refractivity contribution is 0.556. The zero-order chi connectivity index (χ0) is 12.2. The Bertz CT molecular complexity index is 319. The molecule has 2 nitrogen and oxygen atoms in total. The van der Waals surface area contributed by atoms with Crippen molar-refractivity contribution >= 4 is 51.3 Å². The number of hydrogen-bond acceptors (Lipinski definition) is 4. The molecule has 0 spiro atoms. The van der Waals surface area contributed by atoms with E-state index in [4.69, 9.17) is 15.7 Å². The van der Waals surface area contributed by atoms with E-state index in [1.165, 1.54) is 0 Å². The summed E-state index contributed by atoms with van der Waals surface area (Å²) in [6.45, 7) is 8.88. The highest BCUT2D eigenvalue weighted by atomic mass is 35.5. The van der Waals surface area contributed by atoms with Gasteiger partial charge in [-0.05, 0) is 26.2 Å².